The molecule has 4 aromatic rings. The molecule has 0 radical (unpaired) electrons. The van der Waals surface area contributed by atoms with Crippen LogP contribution in [0.15, 0.2) is 96.0 Å². The third kappa shape index (κ3) is 7.68. The van der Waals surface area contributed by atoms with Gasteiger partial charge in [0.1, 0.15) is 11.0 Å². The van der Waals surface area contributed by atoms with Crippen molar-refractivity contribution in [2.75, 3.05) is 28.4 Å². The van der Waals surface area contributed by atoms with Gasteiger partial charge < -0.3 is 10.5 Å². The van der Waals surface area contributed by atoms with Crippen molar-refractivity contribution < 1.29 is 4.21 Å². The highest BCUT2D eigenvalue weighted by atomic mass is 32.2. The van der Waals surface area contributed by atoms with Gasteiger partial charge in [-0.1, -0.05) is 35.9 Å². The smallest absolute Gasteiger partial charge is 0.119 e. The van der Waals surface area contributed by atoms with E-state index in [-0.39, 0.29) is 0 Å². The molecule has 0 spiro atoms. The van der Waals surface area contributed by atoms with Gasteiger partial charge in [0.25, 0.3) is 0 Å². The van der Waals surface area contributed by atoms with Crippen LogP contribution < -0.4 is 14.8 Å². The van der Waals surface area contributed by atoms with Crippen LogP contribution in [0.3, 0.4) is 0 Å². The van der Waals surface area contributed by atoms with E-state index < -0.39 is 11.0 Å². The van der Waals surface area contributed by atoms with Crippen molar-refractivity contribution in [2.24, 2.45) is 5.73 Å². The van der Waals surface area contributed by atoms with E-state index in [9.17, 15) is 4.21 Å². The van der Waals surface area contributed by atoms with Gasteiger partial charge in [-0.05, 0) is 99.6 Å². The predicted molar refractivity (Wildman–Crippen MR) is 163 cm³/mol. The van der Waals surface area contributed by atoms with Gasteiger partial charge in [0.05, 0.1) is 5.69 Å². The number of nitrogens with zero attached hydrogens (tertiary/aromatic N) is 2. The Morgan fingerprint density at radius 2 is 1.76 bits per heavy atom. The van der Waals surface area contributed by atoms with Crippen LogP contribution >= 0.6 is 11.9 Å². The number of aromatic nitrogens is 1. The lowest BCUT2D eigenvalue weighted by Crippen LogP contribution is -2.19. The second-order valence-electron chi connectivity index (χ2n) is 8.80. The number of aryl methyl sites for hydroxylation is 1. The number of allylic oxidation sites excluding steroid dienone is 1. The minimum absolute atomic E-state index is 0.763. The monoisotopic (exact) mass is 532 g/mol. The zero-order chi connectivity index (χ0) is 26.8. The summed E-state index contributed by atoms with van der Waals surface area (Å²) in [6.45, 7) is 10.5. The van der Waals surface area contributed by atoms with Gasteiger partial charge in [-0.25, -0.2) is 4.21 Å². The van der Waals surface area contributed by atoms with Crippen LogP contribution in [-0.4, -0.2) is 28.5 Å². The maximum absolute atomic E-state index is 12.0. The number of hydrogen-bond donors (Lipinski definition) is 2. The normalized spacial score (nSPS) is 14.3. The van der Waals surface area contributed by atoms with Crippen molar-refractivity contribution in [3.8, 4) is 11.3 Å². The summed E-state index contributed by atoms with van der Waals surface area (Å²) in [5.41, 5.74) is 11.1. The van der Waals surface area contributed by atoms with E-state index in [1.165, 1.54) is 23.6 Å². The fourth-order valence-electron chi connectivity index (χ4n) is 3.86. The molecule has 3 N–H and O–H groups in total. The lowest BCUT2D eigenvalue weighted by Gasteiger charge is -2.16. The molecule has 0 saturated carbocycles. The zero-order valence-electron chi connectivity index (χ0n) is 22.0. The molecule has 7 heteroatoms. The van der Waals surface area contributed by atoms with Crippen LogP contribution in [0.1, 0.15) is 25.8 Å². The summed E-state index contributed by atoms with van der Waals surface area (Å²) >= 11 is 1.57. The molecule has 5 rings (SSSR count). The Balaban J connectivity index is 0.000000580. The molecule has 1 aliphatic rings. The van der Waals surface area contributed by atoms with Gasteiger partial charge in [0.15, 0.2) is 0 Å². The second kappa shape index (κ2) is 14.0. The summed E-state index contributed by atoms with van der Waals surface area (Å²) in [7, 11) is 0.620. The van der Waals surface area contributed by atoms with Crippen molar-refractivity contribution in [2.45, 2.75) is 32.1 Å². The van der Waals surface area contributed by atoms with Crippen LogP contribution in [0.5, 0.6) is 0 Å². The molecular formula is C30H36N4OS2. The van der Waals surface area contributed by atoms with Crippen molar-refractivity contribution in [1.29, 1.82) is 0 Å². The highest BCUT2D eigenvalue weighted by molar-refractivity contribution is 8.00. The standard InChI is InChI=1S/C25H23N3OS2.C4H8.CH5N/c1-18-7-8-20(17-24(18)25-23-6-3-2-5-19(23)13-14-26-25)27-30-22-11-9-21(10-12-22)28-15-4-16-31(28)29;1-4(2)3;1-2/h2-3,5-14,17,27H,4,15-16H2,1H3;1H2,2-3H3;2H2,1H3. The lowest BCUT2D eigenvalue weighted by atomic mass is 10.00. The number of pyridine rings is 1. The lowest BCUT2D eigenvalue weighted by molar-refractivity contribution is 0.685. The molecule has 0 amide bonds. The fourth-order valence-corrected chi connectivity index (χ4v) is 5.78. The number of nitrogens with one attached hydrogen (secondary N) is 1. The number of fused-ring (bicyclic) bond motifs is 1. The van der Waals surface area contributed by atoms with Crippen molar-refractivity contribution in [3.63, 3.8) is 0 Å². The fraction of sp³-hybridized carbons (Fsp3) is 0.233. The molecule has 1 atom stereocenters. The number of rotatable bonds is 5. The van der Waals surface area contributed by atoms with E-state index >= 15 is 0 Å². The Kier molecular flexibility index (Phi) is 10.7. The second-order valence-corrected chi connectivity index (χ2v) is 11.2. The molecule has 0 aliphatic carbocycles. The maximum atomic E-state index is 12.0. The molecule has 5 nitrogen and oxygen atoms in total. The minimum atomic E-state index is -0.880. The van der Waals surface area contributed by atoms with Gasteiger partial charge in [-0.15, -0.1) is 6.58 Å². The summed E-state index contributed by atoms with van der Waals surface area (Å²) < 4.78 is 17.5. The molecule has 1 saturated heterocycles. The summed E-state index contributed by atoms with van der Waals surface area (Å²) in [5, 5.41) is 2.35. The van der Waals surface area contributed by atoms with E-state index in [0.29, 0.717) is 0 Å². The number of benzene rings is 3. The first-order valence-corrected chi connectivity index (χ1v) is 14.3. The average Bonchev–Trinajstić information content (AvgIpc) is 3.35. The molecule has 194 valence electrons. The predicted octanol–water partition coefficient (Wildman–Crippen LogP) is 7.36. The number of hydrogen-bond acceptors (Lipinski definition) is 5. The average molecular weight is 533 g/mol. The summed E-state index contributed by atoms with van der Waals surface area (Å²) in [6.07, 6.45) is 2.87. The van der Waals surface area contributed by atoms with Crippen molar-refractivity contribution in [1.82, 2.24) is 4.98 Å². The van der Waals surface area contributed by atoms with E-state index in [4.69, 9.17) is 0 Å². The minimum Gasteiger partial charge on any atom is -0.333 e. The van der Waals surface area contributed by atoms with Gasteiger partial charge in [0, 0.05) is 45.7 Å². The Bertz CT molecular complexity index is 1350. The Labute approximate surface area is 227 Å². The van der Waals surface area contributed by atoms with E-state index in [1.807, 2.05) is 42.5 Å². The first-order valence-electron chi connectivity index (χ1n) is 12.3. The Morgan fingerprint density at radius 1 is 1.05 bits per heavy atom. The molecule has 0 bridgehead atoms. The highest BCUT2D eigenvalue weighted by Crippen LogP contribution is 2.32. The Hall–Kier alpha value is -3.13. The Morgan fingerprint density at radius 3 is 2.43 bits per heavy atom. The molecule has 37 heavy (non-hydrogen) atoms. The molecule has 1 aromatic heterocycles. The SMILES string of the molecule is C=C(C)C.CN.Cc1ccc(NSc2ccc(N3CCCS3=O)cc2)cc1-c1nccc2ccccc12. The zero-order valence-corrected chi connectivity index (χ0v) is 23.7. The van der Waals surface area contributed by atoms with E-state index in [2.05, 4.69) is 83.5 Å². The molecular weight excluding hydrogens is 496 g/mol. The largest absolute Gasteiger partial charge is 0.333 e. The quantitative estimate of drug-likeness (QED) is 0.208. The first kappa shape index (κ1) is 28.4. The van der Waals surface area contributed by atoms with E-state index in [1.54, 1.807) is 11.9 Å². The third-order valence-corrected chi connectivity index (χ3v) is 7.87. The molecule has 2 heterocycles. The molecule has 1 aliphatic heterocycles. The summed E-state index contributed by atoms with van der Waals surface area (Å²) in [4.78, 5) is 5.80. The van der Waals surface area contributed by atoms with Gasteiger partial charge >= 0.3 is 0 Å². The van der Waals surface area contributed by atoms with Crippen LogP contribution in [0.2, 0.25) is 0 Å². The summed E-state index contributed by atoms with van der Waals surface area (Å²) in [5.74, 6) is 0.763. The maximum Gasteiger partial charge on any atom is 0.119 e. The molecule has 3 aromatic carbocycles. The van der Waals surface area contributed by atoms with Crippen LogP contribution in [0.25, 0.3) is 22.0 Å². The van der Waals surface area contributed by atoms with E-state index in [0.717, 1.165) is 51.6 Å². The van der Waals surface area contributed by atoms with Crippen LogP contribution in [-0.2, 0) is 11.0 Å². The van der Waals surface area contributed by atoms with Gasteiger partial charge in [-0.3, -0.25) is 9.29 Å². The topological polar surface area (TPSA) is 71.2 Å². The van der Waals surface area contributed by atoms with Crippen LogP contribution in [0, 0.1) is 6.92 Å². The van der Waals surface area contributed by atoms with Gasteiger partial charge in [0.2, 0.25) is 0 Å². The van der Waals surface area contributed by atoms with Crippen LogP contribution in [0.4, 0.5) is 11.4 Å². The summed E-state index contributed by atoms with van der Waals surface area (Å²) in [6, 6.07) is 25.0. The van der Waals surface area contributed by atoms with Crippen molar-refractivity contribution in [3.05, 3.63) is 96.7 Å². The third-order valence-electron chi connectivity index (χ3n) is 5.50. The molecule has 1 fully saturated rings. The first-order chi connectivity index (χ1) is 17.9. The molecule has 1 unspecified atom stereocenters. The van der Waals surface area contributed by atoms with Gasteiger partial charge in [-0.2, -0.15) is 0 Å². The van der Waals surface area contributed by atoms with Crippen molar-refractivity contribution >= 4 is 45.1 Å². The number of nitrogens with two attached hydrogens (primary N) is 1. The number of anilines is 2. The highest BCUT2D eigenvalue weighted by Gasteiger charge is 2.20.